The van der Waals surface area contributed by atoms with E-state index in [4.69, 9.17) is 0 Å². The Morgan fingerprint density at radius 1 is 1.07 bits per heavy atom. The van der Waals surface area contributed by atoms with Gasteiger partial charge in [0.1, 0.15) is 17.8 Å². The number of hydrogen-bond donors (Lipinski definition) is 1. The highest BCUT2D eigenvalue weighted by Gasteiger charge is 2.31. The van der Waals surface area contributed by atoms with E-state index < -0.39 is 24.6 Å². The van der Waals surface area contributed by atoms with E-state index in [-0.39, 0.29) is 17.3 Å². The minimum absolute atomic E-state index is 0.0431. The zero-order valence-corrected chi connectivity index (χ0v) is 14.2. The van der Waals surface area contributed by atoms with Crippen molar-refractivity contribution in [3.05, 3.63) is 60.7 Å². The standard InChI is InChI=1S/C17H11F5N4O3/c18-16(19)28-12-6-4-11(5-7-12)26-9-23-14(25-26)15(27)24-10-2-1-3-13(8-10)29-17(20,21)22/h1-9,16H,(H,24,27). The Hall–Kier alpha value is -3.70. The Balaban J connectivity index is 1.69. The molecule has 0 saturated heterocycles. The zero-order valence-electron chi connectivity index (χ0n) is 14.2. The molecular weight excluding hydrogens is 403 g/mol. The summed E-state index contributed by atoms with van der Waals surface area (Å²) in [6.45, 7) is -2.96. The number of hydrogen-bond acceptors (Lipinski definition) is 5. The molecule has 1 N–H and O–H groups in total. The maximum absolute atomic E-state index is 12.3. The largest absolute Gasteiger partial charge is 0.573 e. The van der Waals surface area contributed by atoms with Crippen molar-refractivity contribution < 1.29 is 36.2 Å². The van der Waals surface area contributed by atoms with Gasteiger partial charge in [0.25, 0.3) is 5.91 Å². The predicted molar refractivity (Wildman–Crippen MR) is 89.1 cm³/mol. The van der Waals surface area contributed by atoms with E-state index >= 15 is 0 Å². The van der Waals surface area contributed by atoms with Crippen molar-refractivity contribution in [2.24, 2.45) is 0 Å². The number of nitrogens with zero attached hydrogens (tertiary/aromatic N) is 3. The van der Waals surface area contributed by atoms with Crippen molar-refractivity contribution in [1.29, 1.82) is 0 Å². The van der Waals surface area contributed by atoms with E-state index in [0.29, 0.717) is 5.69 Å². The molecule has 0 spiro atoms. The number of rotatable bonds is 6. The van der Waals surface area contributed by atoms with Crippen LogP contribution in [-0.2, 0) is 0 Å². The van der Waals surface area contributed by atoms with Gasteiger partial charge in [0.15, 0.2) is 0 Å². The van der Waals surface area contributed by atoms with E-state index in [2.05, 4.69) is 24.9 Å². The Labute approximate surface area is 159 Å². The third-order valence-electron chi connectivity index (χ3n) is 3.35. The van der Waals surface area contributed by atoms with Crippen molar-refractivity contribution in [3.63, 3.8) is 0 Å². The maximum atomic E-state index is 12.3. The van der Waals surface area contributed by atoms with Crippen LogP contribution in [0, 0.1) is 0 Å². The molecule has 0 aliphatic rings. The first-order chi connectivity index (χ1) is 13.7. The number of halogens is 5. The molecule has 0 saturated carbocycles. The molecule has 0 bridgehead atoms. The average molecular weight is 414 g/mol. The molecule has 2 aromatic carbocycles. The molecule has 0 aliphatic heterocycles. The lowest BCUT2D eigenvalue weighted by Crippen LogP contribution is -2.18. The van der Waals surface area contributed by atoms with Gasteiger partial charge in [0.05, 0.1) is 5.69 Å². The molecule has 1 heterocycles. The molecule has 1 aromatic heterocycles. The van der Waals surface area contributed by atoms with Gasteiger partial charge < -0.3 is 14.8 Å². The summed E-state index contributed by atoms with van der Waals surface area (Å²) >= 11 is 0. The van der Waals surface area contributed by atoms with Crippen molar-refractivity contribution in [2.45, 2.75) is 13.0 Å². The second-order valence-corrected chi connectivity index (χ2v) is 5.41. The molecule has 0 unspecified atom stereocenters. The van der Waals surface area contributed by atoms with E-state index in [9.17, 15) is 26.7 Å². The van der Waals surface area contributed by atoms with Crippen LogP contribution in [0.15, 0.2) is 54.9 Å². The molecule has 0 atom stereocenters. The number of nitrogens with one attached hydrogen (secondary N) is 1. The first kappa shape index (κ1) is 20.0. The summed E-state index contributed by atoms with van der Waals surface area (Å²) < 4.78 is 70.4. The fourth-order valence-electron chi connectivity index (χ4n) is 2.23. The molecule has 0 fully saturated rings. The Morgan fingerprint density at radius 2 is 1.79 bits per heavy atom. The van der Waals surface area contributed by atoms with E-state index in [1.54, 1.807) is 0 Å². The second-order valence-electron chi connectivity index (χ2n) is 5.41. The number of carbonyl (C=O) groups excluding carboxylic acids is 1. The number of benzene rings is 2. The highest BCUT2D eigenvalue weighted by Crippen LogP contribution is 2.25. The number of ether oxygens (including phenoxy) is 2. The van der Waals surface area contributed by atoms with E-state index in [1.807, 2.05) is 0 Å². The highest BCUT2D eigenvalue weighted by molar-refractivity contribution is 6.01. The molecule has 7 nitrogen and oxygen atoms in total. The molecule has 12 heteroatoms. The fourth-order valence-corrected chi connectivity index (χ4v) is 2.23. The predicted octanol–water partition coefficient (Wildman–Crippen LogP) is 4.02. The number of aromatic nitrogens is 3. The number of alkyl halides is 5. The van der Waals surface area contributed by atoms with Gasteiger partial charge in [-0.15, -0.1) is 18.3 Å². The van der Waals surface area contributed by atoms with Crippen LogP contribution in [0.25, 0.3) is 5.69 Å². The lowest BCUT2D eigenvalue weighted by molar-refractivity contribution is -0.274. The lowest BCUT2D eigenvalue weighted by Gasteiger charge is -2.10. The first-order valence-electron chi connectivity index (χ1n) is 7.84. The molecule has 1 amide bonds. The minimum Gasteiger partial charge on any atom is -0.435 e. The summed E-state index contributed by atoms with van der Waals surface area (Å²) in [4.78, 5) is 16.0. The molecule has 3 rings (SSSR count). The normalized spacial score (nSPS) is 11.4. The number of amides is 1. The maximum Gasteiger partial charge on any atom is 0.573 e. The van der Waals surface area contributed by atoms with Gasteiger partial charge in [-0.05, 0) is 36.4 Å². The van der Waals surface area contributed by atoms with E-state index in [0.717, 1.165) is 12.1 Å². The third kappa shape index (κ3) is 5.64. The molecule has 152 valence electrons. The Kier molecular flexibility index (Phi) is 5.61. The van der Waals surface area contributed by atoms with Crippen LogP contribution in [-0.4, -0.2) is 33.6 Å². The van der Waals surface area contributed by atoms with Gasteiger partial charge in [0.2, 0.25) is 5.82 Å². The molecule has 3 aromatic rings. The van der Waals surface area contributed by atoms with Gasteiger partial charge in [-0.2, -0.15) is 8.78 Å². The summed E-state index contributed by atoms with van der Waals surface area (Å²) in [6, 6.07) is 10.1. The van der Waals surface area contributed by atoms with Gasteiger partial charge in [-0.3, -0.25) is 4.79 Å². The van der Waals surface area contributed by atoms with Gasteiger partial charge >= 0.3 is 13.0 Å². The molecular formula is C17H11F5N4O3. The molecule has 29 heavy (non-hydrogen) atoms. The molecule has 0 radical (unpaired) electrons. The van der Waals surface area contributed by atoms with Crippen LogP contribution in [0.5, 0.6) is 11.5 Å². The summed E-state index contributed by atoms with van der Waals surface area (Å²) in [5.74, 6) is -1.59. The van der Waals surface area contributed by atoms with Crippen molar-refractivity contribution in [1.82, 2.24) is 14.8 Å². The summed E-state index contributed by atoms with van der Waals surface area (Å²) in [5, 5.41) is 6.29. The quantitative estimate of drug-likeness (QED) is 0.617. The Bertz CT molecular complexity index is 989. The van der Waals surface area contributed by atoms with Crippen LogP contribution in [0.4, 0.5) is 27.6 Å². The Morgan fingerprint density at radius 3 is 2.45 bits per heavy atom. The van der Waals surface area contributed by atoms with Gasteiger partial charge in [-0.1, -0.05) is 6.07 Å². The molecule has 0 aliphatic carbocycles. The second kappa shape index (κ2) is 8.12. The van der Waals surface area contributed by atoms with Crippen molar-refractivity contribution in [2.75, 3.05) is 5.32 Å². The summed E-state index contributed by atoms with van der Waals surface area (Å²) in [5.41, 5.74) is 0.459. The van der Waals surface area contributed by atoms with Crippen molar-refractivity contribution in [3.8, 4) is 17.2 Å². The van der Waals surface area contributed by atoms with Crippen LogP contribution >= 0.6 is 0 Å². The highest BCUT2D eigenvalue weighted by atomic mass is 19.4. The van der Waals surface area contributed by atoms with Crippen LogP contribution in [0.3, 0.4) is 0 Å². The van der Waals surface area contributed by atoms with E-state index in [1.165, 1.54) is 47.4 Å². The topological polar surface area (TPSA) is 78.3 Å². The first-order valence-corrected chi connectivity index (χ1v) is 7.84. The lowest BCUT2D eigenvalue weighted by atomic mass is 10.3. The minimum atomic E-state index is -4.86. The number of carbonyl (C=O) groups is 1. The summed E-state index contributed by atoms with van der Waals surface area (Å²) in [6.07, 6.45) is -3.65. The number of anilines is 1. The third-order valence-corrected chi connectivity index (χ3v) is 3.35. The zero-order chi connectivity index (χ0) is 21.0. The average Bonchev–Trinajstić information content (AvgIpc) is 3.11. The van der Waals surface area contributed by atoms with Crippen LogP contribution < -0.4 is 14.8 Å². The fraction of sp³-hybridized carbons (Fsp3) is 0.118. The van der Waals surface area contributed by atoms with Crippen LogP contribution in [0.2, 0.25) is 0 Å². The van der Waals surface area contributed by atoms with Crippen molar-refractivity contribution >= 4 is 11.6 Å². The summed E-state index contributed by atoms with van der Waals surface area (Å²) in [7, 11) is 0. The van der Waals surface area contributed by atoms with Gasteiger partial charge in [0, 0.05) is 11.8 Å². The van der Waals surface area contributed by atoms with Crippen LogP contribution in [0.1, 0.15) is 10.6 Å². The monoisotopic (exact) mass is 414 g/mol. The van der Waals surface area contributed by atoms with Gasteiger partial charge in [-0.25, -0.2) is 9.67 Å². The smallest absolute Gasteiger partial charge is 0.435 e. The SMILES string of the molecule is O=C(Nc1cccc(OC(F)(F)F)c1)c1ncn(-c2ccc(OC(F)F)cc2)n1.